The summed E-state index contributed by atoms with van der Waals surface area (Å²) in [7, 11) is 3.96. The Bertz CT molecular complexity index is 1070. The van der Waals surface area contributed by atoms with Crippen LogP contribution in [0.2, 0.25) is 0 Å². The zero-order chi connectivity index (χ0) is 21.5. The Balaban J connectivity index is 1.28. The molecule has 2 aliphatic rings. The van der Waals surface area contributed by atoms with E-state index in [1.54, 1.807) is 17.9 Å². The Hall–Kier alpha value is -2.97. The van der Waals surface area contributed by atoms with E-state index in [4.69, 9.17) is 9.47 Å². The number of benzene rings is 1. The van der Waals surface area contributed by atoms with E-state index in [0.717, 1.165) is 30.6 Å². The zero-order valence-electron chi connectivity index (χ0n) is 18.0. The molecule has 0 aliphatic carbocycles. The summed E-state index contributed by atoms with van der Waals surface area (Å²) in [5, 5.41) is 23.4. The van der Waals surface area contributed by atoms with Crippen molar-refractivity contribution in [3.05, 3.63) is 48.3 Å². The molecule has 0 amide bonds. The highest BCUT2D eigenvalue weighted by molar-refractivity contribution is 5.68. The van der Waals surface area contributed by atoms with Gasteiger partial charge in [-0.2, -0.15) is 5.10 Å². The fourth-order valence-electron chi connectivity index (χ4n) is 4.86. The number of hydrogen-bond acceptors (Lipinski definition) is 7. The third kappa shape index (κ3) is 3.77. The van der Waals surface area contributed by atoms with Gasteiger partial charge in [-0.1, -0.05) is 0 Å². The van der Waals surface area contributed by atoms with Gasteiger partial charge in [0.15, 0.2) is 0 Å². The summed E-state index contributed by atoms with van der Waals surface area (Å²) in [6, 6.07) is 11.8. The average molecular weight is 422 g/mol. The van der Waals surface area contributed by atoms with Gasteiger partial charge < -0.3 is 14.6 Å². The number of piperidine rings is 1. The lowest BCUT2D eigenvalue weighted by molar-refractivity contribution is 0.0224. The second-order valence-electron chi connectivity index (χ2n) is 8.47. The number of methoxy groups -OCH3 is 1. The van der Waals surface area contributed by atoms with Gasteiger partial charge in [-0.05, 0) is 44.7 Å². The first-order valence-corrected chi connectivity index (χ1v) is 10.6. The van der Waals surface area contributed by atoms with Gasteiger partial charge in [-0.25, -0.2) is 4.68 Å². The van der Waals surface area contributed by atoms with Gasteiger partial charge in [-0.15, -0.1) is 10.2 Å². The number of aromatic hydroxyl groups is 1. The number of phenolic OH excluding ortho intramolecular Hbond substituents is 1. The quantitative estimate of drug-likeness (QED) is 0.678. The number of phenols is 1. The Morgan fingerprint density at radius 3 is 2.61 bits per heavy atom. The van der Waals surface area contributed by atoms with Gasteiger partial charge in [0.25, 0.3) is 0 Å². The molecule has 0 spiro atoms. The van der Waals surface area contributed by atoms with Gasteiger partial charge in [0, 0.05) is 55.9 Å². The molecular weight excluding hydrogens is 394 g/mol. The highest BCUT2D eigenvalue weighted by atomic mass is 16.5. The summed E-state index contributed by atoms with van der Waals surface area (Å²) in [6.07, 6.45) is 5.18. The maximum Gasteiger partial charge on any atom is 0.233 e. The molecule has 1 aromatic carbocycles. The van der Waals surface area contributed by atoms with Crippen LogP contribution in [0.3, 0.4) is 0 Å². The normalized spacial score (nSPS) is 25.6. The summed E-state index contributed by atoms with van der Waals surface area (Å²) >= 11 is 0. The highest BCUT2D eigenvalue weighted by Gasteiger charge is 2.45. The van der Waals surface area contributed by atoms with Crippen LogP contribution in [0.15, 0.2) is 42.6 Å². The van der Waals surface area contributed by atoms with Crippen LogP contribution in [-0.4, -0.2) is 68.4 Å². The van der Waals surface area contributed by atoms with Crippen molar-refractivity contribution in [2.45, 2.75) is 50.5 Å². The fraction of sp³-hybridized carbons (Fsp3) is 0.435. The van der Waals surface area contributed by atoms with Gasteiger partial charge in [0.2, 0.25) is 5.88 Å². The Morgan fingerprint density at radius 1 is 1.06 bits per heavy atom. The Labute approximate surface area is 181 Å². The van der Waals surface area contributed by atoms with Crippen molar-refractivity contribution in [3.63, 3.8) is 0 Å². The summed E-state index contributed by atoms with van der Waals surface area (Å²) < 4.78 is 13.5. The number of hydrogen-bond donors (Lipinski definition) is 1. The first-order valence-electron chi connectivity index (χ1n) is 10.6. The molecule has 2 aliphatic heterocycles. The van der Waals surface area contributed by atoms with Gasteiger partial charge >= 0.3 is 0 Å². The molecule has 4 heterocycles. The maximum absolute atomic E-state index is 10.5. The largest absolute Gasteiger partial charge is 0.507 e. The first kappa shape index (κ1) is 20.0. The smallest absolute Gasteiger partial charge is 0.233 e. The van der Waals surface area contributed by atoms with Crippen LogP contribution in [0, 0.1) is 6.92 Å². The molecule has 2 saturated heterocycles. The lowest BCUT2D eigenvalue weighted by Crippen LogP contribution is -2.46. The zero-order valence-corrected chi connectivity index (χ0v) is 18.0. The lowest BCUT2D eigenvalue weighted by atomic mass is 10.0. The molecule has 8 heteroatoms. The molecule has 162 valence electrons. The number of aryl methyl sites for hydroxylation is 1. The number of likely N-dealkylation sites (N-methyl/N-ethyl adjacent to an activating group) is 1. The molecule has 3 aromatic rings. The SMILES string of the molecule is COC1CC2CC(Oc3ccc(-c4ccc(-n5ccc(C)n5)cc4O)nn3)CC1N2C. The highest BCUT2D eigenvalue weighted by Crippen LogP contribution is 2.37. The molecule has 5 rings (SSSR count). The summed E-state index contributed by atoms with van der Waals surface area (Å²) in [4.78, 5) is 2.42. The lowest BCUT2D eigenvalue weighted by Gasteiger charge is -2.36. The number of rotatable bonds is 5. The van der Waals surface area contributed by atoms with Gasteiger partial charge in [0.1, 0.15) is 11.9 Å². The molecule has 4 unspecified atom stereocenters. The maximum atomic E-state index is 10.5. The van der Waals surface area contributed by atoms with E-state index in [0.29, 0.717) is 29.2 Å². The van der Waals surface area contributed by atoms with Crippen molar-refractivity contribution in [1.29, 1.82) is 0 Å². The average Bonchev–Trinajstić information content (AvgIpc) is 3.26. The van der Waals surface area contributed by atoms with E-state index in [-0.39, 0.29) is 18.0 Å². The number of nitrogens with zero attached hydrogens (tertiary/aromatic N) is 5. The summed E-state index contributed by atoms with van der Waals surface area (Å²) in [5.41, 5.74) is 2.91. The van der Waals surface area contributed by atoms with E-state index in [1.807, 2.05) is 43.5 Å². The van der Waals surface area contributed by atoms with E-state index < -0.39 is 0 Å². The number of ether oxygens (including phenoxy) is 2. The predicted molar refractivity (Wildman–Crippen MR) is 115 cm³/mol. The summed E-state index contributed by atoms with van der Waals surface area (Å²) in [5.74, 6) is 0.640. The van der Waals surface area contributed by atoms with E-state index >= 15 is 0 Å². The van der Waals surface area contributed by atoms with Crippen LogP contribution < -0.4 is 4.74 Å². The van der Waals surface area contributed by atoms with Crippen molar-refractivity contribution in [3.8, 4) is 28.6 Å². The molecular formula is C23H27N5O3. The van der Waals surface area contributed by atoms with Crippen LogP contribution in [0.1, 0.15) is 25.0 Å². The van der Waals surface area contributed by atoms with Crippen molar-refractivity contribution >= 4 is 0 Å². The molecule has 1 N–H and O–H groups in total. The second kappa shape index (κ2) is 7.94. The van der Waals surface area contributed by atoms with Gasteiger partial charge in [-0.3, -0.25) is 4.90 Å². The monoisotopic (exact) mass is 421 g/mol. The molecule has 0 radical (unpaired) electrons. The summed E-state index contributed by atoms with van der Waals surface area (Å²) in [6.45, 7) is 1.93. The van der Waals surface area contributed by atoms with Gasteiger partial charge in [0.05, 0.1) is 23.2 Å². The third-order valence-electron chi connectivity index (χ3n) is 6.55. The van der Waals surface area contributed by atoms with Crippen LogP contribution in [0.25, 0.3) is 16.9 Å². The minimum absolute atomic E-state index is 0.108. The molecule has 8 nitrogen and oxygen atoms in total. The van der Waals surface area contributed by atoms with Crippen molar-refractivity contribution < 1.29 is 14.6 Å². The number of aromatic nitrogens is 4. The van der Waals surface area contributed by atoms with E-state index in [2.05, 4.69) is 27.2 Å². The van der Waals surface area contributed by atoms with Crippen LogP contribution in [0.5, 0.6) is 11.6 Å². The standard InChI is InChI=1S/C23H27N5O3/c1-14-8-9-28(26-14)15-4-5-18(21(29)11-15)19-6-7-23(25-24-19)31-17-10-16-12-22(30-3)20(13-17)27(16)2/h4-9,11,16-17,20,22,29H,10,12-13H2,1-3H3. The van der Waals surface area contributed by atoms with E-state index in [1.165, 1.54) is 0 Å². The van der Waals surface area contributed by atoms with E-state index in [9.17, 15) is 5.11 Å². The van der Waals surface area contributed by atoms with Crippen molar-refractivity contribution in [2.75, 3.05) is 14.2 Å². The topological polar surface area (TPSA) is 85.5 Å². The molecule has 2 aromatic heterocycles. The Kier molecular flexibility index (Phi) is 5.11. The molecule has 2 fully saturated rings. The minimum Gasteiger partial charge on any atom is -0.507 e. The van der Waals surface area contributed by atoms with Crippen molar-refractivity contribution in [1.82, 2.24) is 24.9 Å². The Morgan fingerprint density at radius 2 is 1.94 bits per heavy atom. The molecule has 4 atom stereocenters. The first-order chi connectivity index (χ1) is 15.0. The van der Waals surface area contributed by atoms with Crippen LogP contribution >= 0.6 is 0 Å². The van der Waals surface area contributed by atoms with Crippen LogP contribution in [-0.2, 0) is 4.74 Å². The molecule has 31 heavy (non-hydrogen) atoms. The van der Waals surface area contributed by atoms with Crippen LogP contribution in [0.4, 0.5) is 0 Å². The molecule has 2 bridgehead atoms. The third-order valence-corrected chi connectivity index (χ3v) is 6.55. The second-order valence-corrected chi connectivity index (χ2v) is 8.47. The number of fused-ring (bicyclic) bond motifs is 2. The minimum atomic E-state index is 0.108. The predicted octanol–water partition coefficient (Wildman–Crippen LogP) is 2.97. The molecule has 0 saturated carbocycles. The fourth-order valence-corrected chi connectivity index (χ4v) is 4.86. The van der Waals surface area contributed by atoms with Crippen molar-refractivity contribution in [2.24, 2.45) is 0 Å².